The molecule has 53 heavy (non-hydrogen) atoms. The summed E-state index contributed by atoms with van der Waals surface area (Å²) in [6, 6.07) is 6.38. The van der Waals surface area contributed by atoms with Crippen molar-refractivity contribution >= 4 is 50.9 Å². The van der Waals surface area contributed by atoms with E-state index >= 15 is 9.18 Å². The minimum atomic E-state index is -0.675. The number of carbonyl (C=O) groups is 1. The molecule has 1 N–H and O–H groups in total. The van der Waals surface area contributed by atoms with Crippen molar-refractivity contribution in [3.05, 3.63) is 91.7 Å². The van der Waals surface area contributed by atoms with Gasteiger partial charge in [0.2, 0.25) is 5.91 Å². The van der Waals surface area contributed by atoms with Crippen LogP contribution in [0.5, 0.6) is 0 Å². The first-order valence-corrected chi connectivity index (χ1v) is 18.4. The first-order chi connectivity index (χ1) is 25.2. The van der Waals surface area contributed by atoms with Gasteiger partial charge in [-0.25, -0.2) is 9.18 Å². The highest BCUT2D eigenvalue weighted by Crippen LogP contribution is 2.48. The number of pyridine rings is 2. The van der Waals surface area contributed by atoms with Crippen LogP contribution in [0.25, 0.3) is 38.8 Å². The maximum absolute atomic E-state index is 17.2. The van der Waals surface area contributed by atoms with Gasteiger partial charge in [-0.2, -0.15) is 0 Å². The molecule has 11 nitrogen and oxygen atoms in total. The molecule has 2 aromatic carbocycles. The van der Waals surface area contributed by atoms with Gasteiger partial charge >= 0.3 is 5.76 Å². The Morgan fingerprint density at radius 1 is 1.11 bits per heavy atom. The Hall–Kier alpha value is -4.94. The number of nitrogens with one attached hydrogen (secondary N) is 1. The smallest absolute Gasteiger partial charge is 0.407 e. The SMILES string of the molecule is C=CC(=O)N1CC2CN(CCCN(C)C)c3c(c4cc(F)c(-c5c(C)ccc6[nH]c(=O)oc56)c(Cl)c4n(-c4c(C)ccnc4C(C)C)c3=O)N2CC1C. The summed E-state index contributed by atoms with van der Waals surface area (Å²) in [5.41, 5.74) is 4.72. The molecule has 13 heteroatoms. The number of fused-ring (bicyclic) bond motifs is 6. The van der Waals surface area contributed by atoms with Crippen LogP contribution in [0, 0.1) is 19.7 Å². The minimum Gasteiger partial charge on any atom is -0.407 e. The molecule has 0 aliphatic carbocycles. The van der Waals surface area contributed by atoms with Gasteiger partial charge in [0.1, 0.15) is 11.5 Å². The molecule has 0 saturated carbocycles. The predicted octanol–water partition coefficient (Wildman–Crippen LogP) is 6.38. The number of aryl methyl sites for hydroxylation is 2. The third-order valence-corrected chi connectivity index (χ3v) is 11.0. The molecule has 5 aromatic rings. The summed E-state index contributed by atoms with van der Waals surface area (Å²) in [6.45, 7) is 16.1. The van der Waals surface area contributed by atoms with Crippen LogP contribution in [0.15, 0.2) is 57.1 Å². The monoisotopic (exact) mass is 741 g/mol. The molecule has 0 bridgehead atoms. The molecular weight excluding hydrogens is 697 g/mol. The molecule has 1 saturated heterocycles. The number of nitrogens with zero attached hydrogens (tertiary/aromatic N) is 6. The first-order valence-electron chi connectivity index (χ1n) is 18.0. The average Bonchev–Trinajstić information content (AvgIpc) is 3.49. The molecule has 2 atom stereocenters. The lowest BCUT2D eigenvalue weighted by molar-refractivity contribution is -0.128. The Morgan fingerprint density at radius 3 is 2.57 bits per heavy atom. The van der Waals surface area contributed by atoms with Crippen LogP contribution < -0.4 is 21.1 Å². The predicted molar refractivity (Wildman–Crippen MR) is 210 cm³/mol. The number of H-pyrrole nitrogens is 1. The summed E-state index contributed by atoms with van der Waals surface area (Å²) in [4.78, 5) is 56.6. The zero-order chi connectivity index (χ0) is 38.0. The molecule has 2 aliphatic rings. The Bertz CT molecular complexity index is 2410. The van der Waals surface area contributed by atoms with E-state index in [9.17, 15) is 9.59 Å². The third-order valence-electron chi connectivity index (χ3n) is 10.6. The lowest BCUT2D eigenvalue weighted by Crippen LogP contribution is -2.64. The fourth-order valence-corrected chi connectivity index (χ4v) is 8.56. The molecule has 2 aliphatic heterocycles. The fourth-order valence-electron chi connectivity index (χ4n) is 8.19. The van der Waals surface area contributed by atoms with Gasteiger partial charge in [0.15, 0.2) is 5.58 Å². The van der Waals surface area contributed by atoms with E-state index in [1.54, 1.807) is 29.8 Å². The normalized spacial score (nSPS) is 17.3. The van der Waals surface area contributed by atoms with Crippen LogP contribution in [0.4, 0.5) is 15.8 Å². The van der Waals surface area contributed by atoms with E-state index in [2.05, 4.69) is 26.3 Å². The van der Waals surface area contributed by atoms with E-state index in [4.69, 9.17) is 21.0 Å². The van der Waals surface area contributed by atoms with Crippen LogP contribution >= 0.6 is 11.6 Å². The minimum absolute atomic E-state index is 0.00658. The Morgan fingerprint density at radius 2 is 1.87 bits per heavy atom. The van der Waals surface area contributed by atoms with E-state index in [-0.39, 0.29) is 45.6 Å². The van der Waals surface area contributed by atoms with Crippen LogP contribution in [0.2, 0.25) is 5.02 Å². The number of oxazole rings is 1. The van der Waals surface area contributed by atoms with Gasteiger partial charge in [-0.3, -0.25) is 24.1 Å². The van der Waals surface area contributed by atoms with Crippen molar-refractivity contribution in [2.24, 2.45) is 0 Å². The highest BCUT2D eigenvalue weighted by molar-refractivity contribution is 6.39. The maximum atomic E-state index is 17.2. The summed E-state index contributed by atoms with van der Waals surface area (Å²) in [5.74, 6) is -1.53. The van der Waals surface area contributed by atoms with E-state index in [0.717, 1.165) is 18.5 Å². The molecule has 278 valence electrons. The van der Waals surface area contributed by atoms with Crippen LogP contribution in [-0.4, -0.2) is 89.1 Å². The van der Waals surface area contributed by atoms with Crippen molar-refractivity contribution in [1.82, 2.24) is 24.3 Å². The quantitative estimate of drug-likeness (QED) is 0.183. The third kappa shape index (κ3) is 6.01. The topological polar surface area (TPSA) is 111 Å². The second-order valence-electron chi connectivity index (χ2n) is 14.9. The van der Waals surface area contributed by atoms with Gasteiger partial charge in [0.25, 0.3) is 5.56 Å². The Kier molecular flexibility index (Phi) is 9.48. The summed E-state index contributed by atoms with van der Waals surface area (Å²) >= 11 is 7.50. The summed E-state index contributed by atoms with van der Waals surface area (Å²) in [7, 11) is 4.02. The van der Waals surface area contributed by atoms with Gasteiger partial charge in [-0.05, 0) is 89.2 Å². The second-order valence-corrected chi connectivity index (χ2v) is 15.3. The van der Waals surface area contributed by atoms with Gasteiger partial charge in [0.05, 0.1) is 39.2 Å². The van der Waals surface area contributed by atoms with Crippen LogP contribution in [0.1, 0.15) is 49.9 Å². The molecule has 0 radical (unpaired) electrons. The highest BCUT2D eigenvalue weighted by Gasteiger charge is 2.42. The van der Waals surface area contributed by atoms with Crippen LogP contribution in [-0.2, 0) is 4.79 Å². The van der Waals surface area contributed by atoms with Crippen molar-refractivity contribution in [2.45, 2.75) is 59.0 Å². The zero-order valence-corrected chi connectivity index (χ0v) is 32.0. The largest absolute Gasteiger partial charge is 0.417 e. The number of carbonyl (C=O) groups excluding carboxylic acids is 1. The molecule has 3 aromatic heterocycles. The standard InChI is InChI=1S/C40H45ClFN7O4/c1-9-29(50)47-20-25-19-46(16-10-15-45(7)8)37-36(48(25)18-24(47)6)26-17-27(42)31(30-22(4)11-12-28-38(30)53-40(52)44-28)32(41)35(26)49(39(37)51)34-23(5)13-14-43-33(34)21(2)3/h9,11-14,17,21,24-25H,1,10,15-16,18-20H2,2-8H3,(H,44,52). The first kappa shape index (κ1) is 36.4. The lowest BCUT2D eigenvalue weighted by atomic mass is 9.94. The number of amides is 1. The zero-order valence-electron chi connectivity index (χ0n) is 31.2. The molecule has 5 heterocycles. The number of anilines is 2. The lowest BCUT2D eigenvalue weighted by Gasteiger charge is -2.52. The molecule has 7 rings (SSSR count). The molecule has 1 amide bonds. The van der Waals surface area contributed by atoms with E-state index in [0.29, 0.717) is 76.5 Å². The highest BCUT2D eigenvalue weighted by atomic mass is 35.5. The summed E-state index contributed by atoms with van der Waals surface area (Å²) < 4.78 is 24.4. The number of hydrogen-bond donors (Lipinski definition) is 1. The second kappa shape index (κ2) is 13.8. The van der Waals surface area contributed by atoms with Crippen molar-refractivity contribution in [1.29, 1.82) is 0 Å². The number of rotatable bonds is 8. The Balaban J connectivity index is 1.63. The number of halogens is 2. The number of piperazine rings is 1. The van der Waals surface area contributed by atoms with Crippen molar-refractivity contribution in [3.8, 4) is 16.8 Å². The number of aromatic nitrogens is 3. The van der Waals surface area contributed by atoms with E-state index in [1.165, 1.54) is 12.1 Å². The average molecular weight is 742 g/mol. The van der Waals surface area contributed by atoms with Crippen LogP contribution in [0.3, 0.4) is 0 Å². The molecular formula is C40H45ClFN7O4. The summed E-state index contributed by atoms with van der Waals surface area (Å²) in [5, 5.41) is 0.467. The Labute approximate surface area is 312 Å². The maximum Gasteiger partial charge on any atom is 0.417 e. The van der Waals surface area contributed by atoms with Gasteiger partial charge < -0.3 is 24.0 Å². The fraction of sp³-hybridized carbons (Fsp3) is 0.400. The molecule has 1 fully saturated rings. The van der Waals surface area contributed by atoms with Crippen molar-refractivity contribution in [2.75, 3.05) is 56.6 Å². The molecule has 2 unspecified atom stereocenters. The number of hydrogen-bond acceptors (Lipinski definition) is 8. The number of aromatic amines is 1. The van der Waals surface area contributed by atoms with Crippen molar-refractivity contribution in [3.63, 3.8) is 0 Å². The van der Waals surface area contributed by atoms with E-state index < -0.39 is 11.6 Å². The molecule has 0 spiro atoms. The van der Waals surface area contributed by atoms with Gasteiger partial charge in [0, 0.05) is 54.9 Å². The van der Waals surface area contributed by atoms with E-state index in [1.807, 2.05) is 52.8 Å². The van der Waals surface area contributed by atoms with Gasteiger partial charge in [-0.15, -0.1) is 0 Å². The van der Waals surface area contributed by atoms with Crippen molar-refractivity contribution < 1.29 is 13.6 Å². The van der Waals surface area contributed by atoms with Gasteiger partial charge in [-0.1, -0.05) is 38.1 Å². The summed E-state index contributed by atoms with van der Waals surface area (Å²) in [6.07, 6.45) is 3.83. The number of benzene rings is 2.